The summed E-state index contributed by atoms with van der Waals surface area (Å²) in [6.45, 7) is 28.1. The zero-order valence-corrected chi connectivity index (χ0v) is 61.6. The monoisotopic (exact) mass is 1430 g/mol. The number of halogens is 1. The molecule has 3 aromatic carbocycles. The molecular weight excluding hydrogens is 1330 g/mol. The Bertz CT molecular complexity index is 3870. The number of unbranched alkanes of at least 4 members (excludes halogenated alkanes) is 1. The van der Waals surface area contributed by atoms with Crippen LogP contribution in [0.3, 0.4) is 0 Å². The number of amides is 2. The van der Waals surface area contributed by atoms with Crippen molar-refractivity contribution in [2.75, 3.05) is 87.8 Å². The van der Waals surface area contributed by atoms with Crippen LogP contribution in [0, 0.1) is 45.1 Å². The first kappa shape index (κ1) is 77.2. The second-order valence-corrected chi connectivity index (χ2v) is 25.8. The molecule has 0 saturated heterocycles. The van der Waals surface area contributed by atoms with Crippen molar-refractivity contribution >= 4 is 87.1 Å². The number of aromatic nitrogens is 12. The zero-order valence-electron chi connectivity index (χ0n) is 59.5. The predicted octanol–water partition coefficient (Wildman–Crippen LogP) is 13.5. The number of carbonyl (C=O) groups is 2. The summed E-state index contributed by atoms with van der Waals surface area (Å²) in [5.74, 6) is 4.04. The molecular formula is C69H99IN22O4. The molecule has 516 valence electrons. The molecule has 6 aromatic heterocycles. The number of hydrogen-bond donors (Lipinski definition) is 9. The van der Waals surface area contributed by atoms with Crippen LogP contribution in [0.5, 0.6) is 0 Å². The van der Waals surface area contributed by atoms with Crippen LogP contribution >= 0.6 is 22.6 Å². The van der Waals surface area contributed by atoms with Gasteiger partial charge in [0.05, 0.1) is 43.1 Å². The summed E-state index contributed by atoms with van der Waals surface area (Å²) < 4.78 is 15.5. The number of aryl methyl sites for hydroxylation is 6. The minimum atomic E-state index is -0.533. The van der Waals surface area contributed by atoms with E-state index in [0.717, 1.165) is 104 Å². The summed E-state index contributed by atoms with van der Waals surface area (Å²) in [5, 5.41) is 40.5. The topological polar surface area (TPSA) is 297 Å². The molecule has 0 spiro atoms. The van der Waals surface area contributed by atoms with E-state index >= 15 is 0 Å². The van der Waals surface area contributed by atoms with Crippen molar-refractivity contribution in [3.8, 4) is 11.4 Å². The van der Waals surface area contributed by atoms with Gasteiger partial charge in [0.1, 0.15) is 28.7 Å². The zero-order chi connectivity index (χ0) is 70.7. The van der Waals surface area contributed by atoms with Crippen LogP contribution in [-0.4, -0.2) is 149 Å². The molecule has 6 heterocycles. The Morgan fingerprint density at radius 2 is 0.938 bits per heavy atom. The Kier molecular flexibility index (Phi) is 30.2. The number of nitrogens with one attached hydrogen (secondary N) is 9. The lowest BCUT2D eigenvalue weighted by atomic mass is 10.2. The summed E-state index contributed by atoms with van der Waals surface area (Å²) >= 11 is 2.32. The number of anilines is 9. The van der Waals surface area contributed by atoms with Gasteiger partial charge in [-0.1, -0.05) is 31.5 Å². The number of H-pyrrole nitrogens is 1. The summed E-state index contributed by atoms with van der Waals surface area (Å²) in [6.07, 6.45) is 12.9. The normalized spacial score (nSPS) is 10.8. The highest BCUT2D eigenvalue weighted by Gasteiger charge is 2.22. The van der Waals surface area contributed by atoms with Crippen LogP contribution < -0.4 is 42.5 Å². The number of benzene rings is 3. The quantitative estimate of drug-likeness (QED) is 0.0253. The van der Waals surface area contributed by atoms with Crippen LogP contribution in [0.1, 0.15) is 112 Å². The molecule has 0 unspecified atom stereocenters. The van der Waals surface area contributed by atoms with Gasteiger partial charge in [0, 0.05) is 133 Å². The van der Waals surface area contributed by atoms with Gasteiger partial charge >= 0.3 is 12.2 Å². The van der Waals surface area contributed by atoms with Gasteiger partial charge in [-0.2, -0.15) is 30.2 Å². The van der Waals surface area contributed by atoms with Gasteiger partial charge in [0.2, 0.25) is 17.8 Å². The number of nitrogens with zero attached hydrogens (tertiary/aromatic N) is 13. The van der Waals surface area contributed by atoms with E-state index in [2.05, 4.69) is 160 Å². The molecule has 96 heavy (non-hydrogen) atoms. The van der Waals surface area contributed by atoms with Gasteiger partial charge in [-0.05, 0) is 186 Å². The summed E-state index contributed by atoms with van der Waals surface area (Å²) in [5.41, 5.74) is 12.9. The van der Waals surface area contributed by atoms with Crippen LogP contribution in [-0.2, 0) is 29.1 Å². The first-order valence-corrected chi connectivity index (χ1v) is 32.7. The van der Waals surface area contributed by atoms with Gasteiger partial charge in [-0.15, -0.1) is 0 Å². The SMILES string of the molecule is CCCCNC.CN(Cc1cn[nH]c1)C(=O)OC(C)(C)C.CNCc1cnn(-c2cc(Nc3nc(C)cc(NC)n3)ccc2C)c1.CNc1cc(C)nc(Nc2ccc(C)c(-n3cc(CN(C)C(=O)OC(C)(C)C)cn3)c2)n1.CNc1cc(C)nc(Nc2ccc(C)c(I)c2)n1. The van der Waals surface area contributed by atoms with Gasteiger partial charge in [0.15, 0.2) is 0 Å². The molecule has 0 aliphatic heterocycles. The van der Waals surface area contributed by atoms with Crippen molar-refractivity contribution in [3.63, 3.8) is 0 Å². The molecule has 0 aliphatic carbocycles. The minimum Gasteiger partial charge on any atom is -0.444 e. The highest BCUT2D eigenvalue weighted by molar-refractivity contribution is 14.1. The van der Waals surface area contributed by atoms with Crippen molar-refractivity contribution in [1.82, 2.24) is 80.1 Å². The Labute approximate surface area is 580 Å². The maximum atomic E-state index is 12.2. The summed E-state index contributed by atoms with van der Waals surface area (Å²) in [4.78, 5) is 53.3. The Balaban J connectivity index is 0.000000233. The predicted molar refractivity (Wildman–Crippen MR) is 395 cm³/mol. The molecule has 0 fully saturated rings. The first-order valence-electron chi connectivity index (χ1n) is 31.6. The van der Waals surface area contributed by atoms with Gasteiger partial charge < -0.3 is 61.8 Å². The summed E-state index contributed by atoms with van der Waals surface area (Å²) in [6, 6.07) is 24.0. The lowest BCUT2D eigenvalue weighted by Crippen LogP contribution is -2.33. The number of ether oxygens (including phenoxy) is 2. The average Bonchev–Trinajstić information content (AvgIpc) is 1.51. The number of rotatable bonds is 20. The van der Waals surface area contributed by atoms with Crippen LogP contribution in [0.15, 0.2) is 110 Å². The smallest absolute Gasteiger partial charge is 0.410 e. The molecule has 9 N–H and O–H groups in total. The highest BCUT2D eigenvalue weighted by Crippen LogP contribution is 2.26. The molecule has 0 atom stereocenters. The van der Waals surface area contributed by atoms with Gasteiger partial charge in [0.25, 0.3) is 0 Å². The molecule has 0 saturated carbocycles. The van der Waals surface area contributed by atoms with Crippen molar-refractivity contribution in [2.45, 2.75) is 134 Å². The molecule has 9 aromatic rings. The molecule has 0 aliphatic rings. The minimum absolute atomic E-state index is 0.330. The largest absolute Gasteiger partial charge is 0.444 e. The standard InChI is InChI=1S/C23H31N7O2.C18H23N7.C13H15IN4.C10H17N3O2.C5H13N/c1-15-8-9-18(27-21-26-16(2)10-20(24-6)28-21)11-19(15)30-14-17(12-25-30)13-29(7)22(31)32-23(3,4)5;1-12-5-6-15(23-18-22-13(2)7-17(20-4)24-18)8-16(12)25-11-14(9-19-3)10-21-25;1-8-4-5-10(7-11(8)14)17-13-16-9(2)6-12(15-3)18-13;1-10(2,3)15-9(14)13(4)7-8-5-11-12-6-8;1-3-4-5-6-2/h8-12,14H,13H2,1-7H3,(H2,24,26,27,28);5-8,10-11,19H,9H2,1-4H3,(H2,20,22,23,24);4-7H,1-3H3,(H2,15,16,17,18);5-6H,7H2,1-4H3,(H,11,12);6H,3-5H2,1-2H3. The van der Waals surface area contributed by atoms with Crippen molar-refractivity contribution in [2.24, 2.45) is 0 Å². The van der Waals surface area contributed by atoms with Crippen LogP contribution in [0.25, 0.3) is 11.4 Å². The van der Waals surface area contributed by atoms with E-state index in [1.54, 1.807) is 37.4 Å². The molecule has 0 radical (unpaired) electrons. The van der Waals surface area contributed by atoms with Gasteiger partial charge in [-0.25, -0.2) is 33.9 Å². The summed E-state index contributed by atoms with van der Waals surface area (Å²) in [7, 11) is 12.8. The molecule has 9 rings (SSSR count). The fourth-order valence-electron chi connectivity index (χ4n) is 8.62. The lowest BCUT2D eigenvalue weighted by Gasteiger charge is -2.24. The van der Waals surface area contributed by atoms with E-state index in [9.17, 15) is 9.59 Å². The van der Waals surface area contributed by atoms with Crippen LogP contribution in [0.2, 0.25) is 0 Å². The third-order valence-electron chi connectivity index (χ3n) is 13.4. The molecule has 0 bridgehead atoms. The number of hydrogen-bond acceptors (Lipinski definition) is 21. The number of carbonyl (C=O) groups excluding carboxylic acids is 2. The molecule has 27 heteroatoms. The fourth-order valence-corrected chi connectivity index (χ4v) is 9.13. The van der Waals surface area contributed by atoms with E-state index in [1.165, 1.54) is 31.8 Å². The molecule has 2 amide bonds. The van der Waals surface area contributed by atoms with Crippen molar-refractivity contribution < 1.29 is 19.1 Å². The Morgan fingerprint density at radius 3 is 1.30 bits per heavy atom. The first-order chi connectivity index (χ1) is 45.5. The van der Waals surface area contributed by atoms with E-state index in [4.69, 9.17) is 9.47 Å². The van der Waals surface area contributed by atoms with Gasteiger partial charge in [-0.3, -0.25) is 5.10 Å². The Morgan fingerprint density at radius 1 is 0.531 bits per heavy atom. The van der Waals surface area contributed by atoms with Crippen molar-refractivity contribution in [3.05, 3.63) is 164 Å². The fraction of sp³-hybridized carbons (Fsp3) is 0.406. The maximum Gasteiger partial charge on any atom is 0.410 e. The van der Waals surface area contributed by atoms with E-state index in [1.807, 2.05) is 176 Å². The van der Waals surface area contributed by atoms with E-state index in [-0.39, 0.29) is 12.2 Å². The van der Waals surface area contributed by atoms with Crippen LogP contribution in [0.4, 0.5) is 61.9 Å². The Hall–Kier alpha value is -9.48. The van der Waals surface area contributed by atoms with E-state index in [0.29, 0.717) is 30.9 Å². The third kappa shape index (κ3) is 26.7. The molecule has 26 nitrogen and oxygen atoms in total. The third-order valence-corrected chi connectivity index (χ3v) is 14.6. The average molecular weight is 1430 g/mol. The second kappa shape index (κ2) is 37.6. The second-order valence-electron chi connectivity index (χ2n) is 24.6. The van der Waals surface area contributed by atoms with Crippen molar-refractivity contribution in [1.29, 1.82) is 0 Å². The highest BCUT2D eigenvalue weighted by atomic mass is 127. The maximum absolute atomic E-state index is 12.2. The number of aromatic amines is 1. The lowest BCUT2D eigenvalue weighted by molar-refractivity contribution is 0.0275. The van der Waals surface area contributed by atoms with E-state index < -0.39 is 11.2 Å².